The lowest BCUT2D eigenvalue weighted by Crippen LogP contribution is -2.47. The van der Waals surface area contributed by atoms with Gasteiger partial charge in [-0.15, -0.1) is 0 Å². The summed E-state index contributed by atoms with van der Waals surface area (Å²) in [6, 6.07) is 0. The number of nitrogens with zero attached hydrogens (tertiary/aromatic N) is 2. The van der Waals surface area contributed by atoms with Gasteiger partial charge in [0.05, 0.1) is 24.4 Å². The third-order valence-corrected chi connectivity index (χ3v) is 3.83. The topological polar surface area (TPSA) is 24.9 Å². The molecule has 0 aliphatic carbocycles. The summed E-state index contributed by atoms with van der Waals surface area (Å²) in [6.45, 7) is 8.54. The molecule has 4 atom stereocenters. The Morgan fingerprint density at radius 3 is 1.50 bits per heavy atom. The average Bonchev–Trinajstić information content (AvgIpc) is 2.23. The summed E-state index contributed by atoms with van der Waals surface area (Å²) < 4.78 is 12.0. The highest BCUT2D eigenvalue weighted by Gasteiger charge is 2.26. The lowest BCUT2D eigenvalue weighted by atomic mass is 10.1. The standard InChI is InChI=1S/C14H28N2O2/c1-11-7-15(3)9-13(17-11)5-6-14-10-16(4)8-12(2)18-14/h11-14H,5-10H2,1-4H3/t11-,12+,13-,14-/m0/s1. The average molecular weight is 256 g/mol. The molecule has 106 valence electrons. The van der Waals surface area contributed by atoms with Crippen LogP contribution in [0.25, 0.3) is 0 Å². The first-order valence-corrected chi connectivity index (χ1v) is 7.21. The van der Waals surface area contributed by atoms with Crippen molar-refractivity contribution in [1.82, 2.24) is 9.80 Å². The molecule has 0 aromatic rings. The summed E-state index contributed by atoms with van der Waals surface area (Å²) in [5.74, 6) is 0. The molecule has 4 heteroatoms. The van der Waals surface area contributed by atoms with Crippen molar-refractivity contribution in [2.75, 3.05) is 40.3 Å². The van der Waals surface area contributed by atoms with Crippen molar-refractivity contribution < 1.29 is 9.47 Å². The Balaban J connectivity index is 1.73. The molecule has 0 radical (unpaired) electrons. The van der Waals surface area contributed by atoms with Crippen molar-refractivity contribution >= 4 is 0 Å². The number of hydrogen-bond acceptors (Lipinski definition) is 4. The second kappa shape index (κ2) is 6.33. The van der Waals surface area contributed by atoms with Gasteiger partial charge in [0.2, 0.25) is 0 Å². The van der Waals surface area contributed by atoms with E-state index in [0.717, 1.165) is 39.0 Å². The van der Waals surface area contributed by atoms with E-state index in [0.29, 0.717) is 24.4 Å². The molecule has 2 aliphatic rings. The Kier molecular flexibility index (Phi) is 5.01. The zero-order chi connectivity index (χ0) is 13.1. The number of rotatable bonds is 3. The molecule has 0 spiro atoms. The van der Waals surface area contributed by atoms with Crippen LogP contribution in [-0.4, -0.2) is 74.5 Å². The van der Waals surface area contributed by atoms with Gasteiger partial charge in [-0.05, 0) is 40.8 Å². The van der Waals surface area contributed by atoms with Crippen LogP contribution in [0.5, 0.6) is 0 Å². The minimum absolute atomic E-state index is 0.364. The van der Waals surface area contributed by atoms with Crippen molar-refractivity contribution in [1.29, 1.82) is 0 Å². The highest BCUT2D eigenvalue weighted by atomic mass is 16.5. The molecule has 0 bridgehead atoms. The normalized spacial score (nSPS) is 40.0. The first-order valence-electron chi connectivity index (χ1n) is 7.21. The van der Waals surface area contributed by atoms with Gasteiger partial charge in [0.15, 0.2) is 0 Å². The van der Waals surface area contributed by atoms with Gasteiger partial charge in [-0.3, -0.25) is 0 Å². The SMILES string of the molecule is C[C@@H]1CN(C)C[C@H](CC[C@H]2CN(C)C[C@H](C)O2)O1. The number of likely N-dealkylation sites (N-methyl/N-ethyl adjacent to an activating group) is 2. The first-order chi connectivity index (χ1) is 8.52. The van der Waals surface area contributed by atoms with Gasteiger partial charge in [-0.2, -0.15) is 0 Å². The molecule has 2 heterocycles. The molecule has 2 fully saturated rings. The zero-order valence-corrected chi connectivity index (χ0v) is 12.3. The molecule has 0 aromatic carbocycles. The van der Waals surface area contributed by atoms with Gasteiger partial charge in [-0.1, -0.05) is 0 Å². The fourth-order valence-electron chi connectivity index (χ4n) is 3.24. The second-order valence-corrected chi connectivity index (χ2v) is 6.16. The van der Waals surface area contributed by atoms with E-state index in [1.807, 2.05) is 0 Å². The van der Waals surface area contributed by atoms with E-state index in [-0.39, 0.29) is 0 Å². The lowest BCUT2D eigenvalue weighted by molar-refractivity contribution is -0.0976. The van der Waals surface area contributed by atoms with Gasteiger partial charge in [0.25, 0.3) is 0 Å². The molecule has 18 heavy (non-hydrogen) atoms. The molecule has 0 unspecified atom stereocenters. The third-order valence-electron chi connectivity index (χ3n) is 3.83. The van der Waals surface area contributed by atoms with Crippen molar-refractivity contribution in [3.05, 3.63) is 0 Å². The smallest absolute Gasteiger partial charge is 0.0707 e. The maximum absolute atomic E-state index is 5.99. The molecule has 2 aliphatic heterocycles. The fraction of sp³-hybridized carbons (Fsp3) is 1.00. The Morgan fingerprint density at radius 1 is 0.778 bits per heavy atom. The predicted molar refractivity (Wildman–Crippen MR) is 72.9 cm³/mol. The molecule has 2 saturated heterocycles. The monoisotopic (exact) mass is 256 g/mol. The van der Waals surface area contributed by atoms with E-state index >= 15 is 0 Å². The minimum Gasteiger partial charge on any atom is -0.373 e. The van der Waals surface area contributed by atoms with Crippen molar-refractivity contribution in [2.24, 2.45) is 0 Å². The molecule has 0 amide bonds. The van der Waals surface area contributed by atoms with Gasteiger partial charge < -0.3 is 19.3 Å². The highest BCUT2D eigenvalue weighted by Crippen LogP contribution is 2.19. The Morgan fingerprint density at radius 2 is 1.17 bits per heavy atom. The van der Waals surface area contributed by atoms with Crippen LogP contribution in [0.2, 0.25) is 0 Å². The van der Waals surface area contributed by atoms with Crippen LogP contribution in [0.4, 0.5) is 0 Å². The number of ether oxygens (including phenoxy) is 2. The Hall–Kier alpha value is -0.160. The summed E-state index contributed by atoms with van der Waals surface area (Å²) >= 11 is 0. The van der Waals surface area contributed by atoms with Crippen molar-refractivity contribution in [3.63, 3.8) is 0 Å². The van der Waals surface area contributed by atoms with E-state index in [4.69, 9.17) is 9.47 Å². The van der Waals surface area contributed by atoms with Crippen LogP contribution < -0.4 is 0 Å². The van der Waals surface area contributed by atoms with E-state index < -0.39 is 0 Å². The molecule has 0 saturated carbocycles. The van der Waals surface area contributed by atoms with Gasteiger partial charge in [0, 0.05) is 26.2 Å². The van der Waals surface area contributed by atoms with Crippen LogP contribution in [0, 0.1) is 0 Å². The van der Waals surface area contributed by atoms with E-state index in [1.54, 1.807) is 0 Å². The van der Waals surface area contributed by atoms with E-state index in [2.05, 4.69) is 37.7 Å². The first kappa shape index (κ1) is 14.3. The molecular formula is C14H28N2O2. The lowest BCUT2D eigenvalue weighted by Gasteiger charge is -2.37. The fourth-order valence-corrected chi connectivity index (χ4v) is 3.24. The second-order valence-electron chi connectivity index (χ2n) is 6.16. The van der Waals surface area contributed by atoms with Crippen molar-refractivity contribution in [3.8, 4) is 0 Å². The van der Waals surface area contributed by atoms with Crippen LogP contribution in [0.15, 0.2) is 0 Å². The molecular weight excluding hydrogens is 228 g/mol. The summed E-state index contributed by atoms with van der Waals surface area (Å²) in [6.07, 6.45) is 3.71. The predicted octanol–water partition coefficient (Wildman–Crippen LogP) is 1.20. The molecule has 4 nitrogen and oxygen atoms in total. The minimum atomic E-state index is 0.364. The zero-order valence-electron chi connectivity index (χ0n) is 12.3. The number of morpholine rings is 2. The number of hydrogen-bond donors (Lipinski definition) is 0. The maximum Gasteiger partial charge on any atom is 0.0707 e. The van der Waals surface area contributed by atoms with Crippen LogP contribution in [0.3, 0.4) is 0 Å². The largest absolute Gasteiger partial charge is 0.373 e. The van der Waals surface area contributed by atoms with Crippen molar-refractivity contribution in [2.45, 2.75) is 51.1 Å². The maximum atomic E-state index is 5.99. The summed E-state index contributed by atoms with van der Waals surface area (Å²) in [7, 11) is 4.36. The molecule has 2 rings (SSSR count). The highest BCUT2D eigenvalue weighted by molar-refractivity contribution is 4.78. The third kappa shape index (κ3) is 4.19. The quantitative estimate of drug-likeness (QED) is 0.758. The summed E-state index contributed by atoms with van der Waals surface area (Å²) in [5.41, 5.74) is 0. The molecule has 0 aromatic heterocycles. The van der Waals surface area contributed by atoms with Crippen LogP contribution in [0.1, 0.15) is 26.7 Å². The van der Waals surface area contributed by atoms with Gasteiger partial charge >= 0.3 is 0 Å². The van der Waals surface area contributed by atoms with Crippen LogP contribution in [-0.2, 0) is 9.47 Å². The summed E-state index contributed by atoms with van der Waals surface area (Å²) in [4.78, 5) is 4.74. The molecule has 0 N–H and O–H groups in total. The van der Waals surface area contributed by atoms with Gasteiger partial charge in [-0.25, -0.2) is 0 Å². The van der Waals surface area contributed by atoms with E-state index in [9.17, 15) is 0 Å². The van der Waals surface area contributed by atoms with Gasteiger partial charge in [0.1, 0.15) is 0 Å². The van der Waals surface area contributed by atoms with Crippen LogP contribution >= 0.6 is 0 Å². The Bertz CT molecular complexity index is 216. The summed E-state index contributed by atoms with van der Waals surface area (Å²) in [5, 5.41) is 0. The van der Waals surface area contributed by atoms with E-state index in [1.165, 1.54) is 0 Å². The Labute approximate surface area is 111 Å².